The highest BCUT2D eigenvalue weighted by Crippen LogP contribution is 2.26. The molecule has 1 unspecified atom stereocenters. The van der Waals surface area contributed by atoms with Crippen LogP contribution < -0.4 is 10.6 Å². The third-order valence-corrected chi connectivity index (χ3v) is 4.81. The van der Waals surface area contributed by atoms with Crippen molar-refractivity contribution in [2.75, 3.05) is 25.4 Å². The minimum absolute atomic E-state index is 0.0614. The second kappa shape index (κ2) is 9.62. The van der Waals surface area contributed by atoms with Crippen LogP contribution >= 0.6 is 11.8 Å². The van der Waals surface area contributed by atoms with Crippen molar-refractivity contribution in [3.63, 3.8) is 0 Å². The van der Waals surface area contributed by atoms with E-state index in [0.717, 1.165) is 11.8 Å². The highest BCUT2D eigenvalue weighted by molar-refractivity contribution is 8.00. The van der Waals surface area contributed by atoms with Crippen molar-refractivity contribution in [2.24, 2.45) is 5.41 Å². The lowest BCUT2D eigenvalue weighted by molar-refractivity contribution is -0.165. The van der Waals surface area contributed by atoms with Crippen LogP contribution in [-0.2, 0) is 23.9 Å². The summed E-state index contributed by atoms with van der Waals surface area (Å²) in [7, 11) is 0. The SMILES string of the molecule is CC(C)(CO)[C@H]1OC(=O)C(CC(=O)O)SCCNC(=O)CCNC1=O. The zero-order valence-corrected chi connectivity index (χ0v) is 15.1. The Kier molecular flexibility index (Phi) is 8.17. The van der Waals surface area contributed by atoms with Crippen LogP contribution in [0.2, 0.25) is 0 Å². The predicted molar refractivity (Wildman–Crippen MR) is 89.9 cm³/mol. The van der Waals surface area contributed by atoms with E-state index in [4.69, 9.17) is 9.84 Å². The summed E-state index contributed by atoms with van der Waals surface area (Å²) in [5, 5.41) is 22.6. The standard InChI is InChI=1S/C15H24N2O7S/c1-15(2,8-18)12-13(22)17-4-3-10(19)16-5-6-25-9(7-11(20)21)14(23)24-12/h9,12,18H,3-8H2,1-2H3,(H,16,19)(H,17,22)(H,20,21)/t9?,12-/m0/s1. The van der Waals surface area contributed by atoms with E-state index < -0.39 is 47.6 Å². The lowest BCUT2D eigenvalue weighted by Crippen LogP contribution is -2.49. The quantitative estimate of drug-likeness (QED) is 0.464. The number of nitrogens with one attached hydrogen (secondary N) is 2. The zero-order chi connectivity index (χ0) is 19.0. The summed E-state index contributed by atoms with van der Waals surface area (Å²) >= 11 is 1.04. The minimum atomic E-state index is -1.30. The van der Waals surface area contributed by atoms with Crippen molar-refractivity contribution in [1.29, 1.82) is 0 Å². The van der Waals surface area contributed by atoms with Gasteiger partial charge in [0.05, 0.1) is 13.0 Å². The molecule has 0 aliphatic carbocycles. The number of hydrogen-bond acceptors (Lipinski definition) is 7. The number of rotatable bonds is 4. The predicted octanol–water partition coefficient (Wildman–Crippen LogP) is -0.871. The number of ether oxygens (including phenoxy) is 1. The number of carbonyl (C=O) groups is 4. The first-order chi connectivity index (χ1) is 11.7. The Morgan fingerprint density at radius 2 is 1.96 bits per heavy atom. The minimum Gasteiger partial charge on any atom is -0.481 e. The Morgan fingerprint density at radius 1 is 1.28 bits per heavy atom. The second-order valence-electron chi connectivity index (χ2n) is 6.31. The molecule has 1 aliphatic heterocycles. The van der Waals surface area contributed by atoms with Gasteiger partial charge in [-0.1, -0.05) is 13.8 Å². The number of carboxylic acid groups (broad SMARTS) is 1. The average Bonchev–Trinajstić information content (AvgIpc) is 2.54. The van der Waals surface area contributed by atoms with Crippen LogP contribution in [0.1, 0.15) is 26.7 Å². The average molecular weight is 376 g/mol. The van der Waals surface area contributed by atoms with Crippen LogP contribution in [0.15, 0.2) is 0 Å². The van der Waals surface area contributed by atoms with E-state index in [1.807, 2.05) is 0 Å². The summed E-state index contributed by atoms with van der Waals surface area (Å²) in [5.41, 5.74) is -1.07. The normalized spacial score (nSPS) is 24.0. The van der Waals surface area contributed by atoms with E-state index in [2.05, 4.69) is 10.6 Å². The fourth-order valence-electron chi connectivity index (χ4n) is 2.08. The Labute approximate surface area is 149 Å². The molecule has 1 saturated heterocycles. The second-order valence-corrected chi connectivity index (χ2v) is 7.62. The molecule has 1 heterocycles. The van der Waals surface area contributed by atoms with Crippen molar-refractivity contribution >= 4 is 35.5 Å². The van der Waals surface area contributed by atoms with Crippen LogP contribution in [0.4, 0.5) is 0 Å². The number of carbonyl (C=O) groups excluding carboxylic acids is 3. The molecule has 142 valence electrons. The number of amides is 2. The zero-order valence-electron chi connectivity index (χ0n) is 14.2. The van der Waals surface area contributed by atoms with Gasteiger partial charge in [0.25, 0.3) is 5.91 Å². The molecule has 9 nitrogen and oxygen atoms in total. The highest BCUT2D eigenvalue weighted by atomic mass is 32.2. The topological polar surface area (TPSA) is 142 Å². The molecule has 0 saturated carbocycles. The van der Waals surface area contributed by atoms with Crippen molar-refractivity contribution in [2.45, 2.75) is 38.0 Å². The Hall–Kier alpha value is -1.81. The molecule has 0 aromatic carbocycles. The number of hydrogen-bond donors (Lipinski definition) is 4. The maximum atomic E-state index is 12.4. The van der Waals surface area contributed by atoms with Crippen LogP contribution in [0.3, 0.4) is 0 Å². The van der Waals surface area contributed by atoms with E-state index in [-0.39, 0.29) is 25.4 Å². The highest BCUT2D eigenvalue weighted by Gasteiger charge is 2.40. The molecule has 4 N–H and O–H groups in total. The number of thioether (sulfide) groups is 1. The molecule has 2 atom stereocenters. The molecule has 0 spiro atoms. The summed E-state index contributed by atoms with van der Waals surface area (Å²) in [4.78, 5) is 47.4. The molecule has 0 radical (unpaired) electrons. The van der Waals surface area contributed by atoms with Crippen LogP contribution in [0.5, 0.6) is 0 Å². The first-order valence-corrected chi connectivity index (χ1v) is 8.91. The molecule has 25 heavy (non-hydrogen) atoms. The molecular formula is C15H24N2O7S. The van der Waals surface area contributed by atoms with Crippen molar-refractivity contribution in [3.05, 3.63) is 0 Å². The third kappa shape index (κ3) is 6.91. The molecule has 0 aromatic heterocycles. The first kappa shape index (κ1) is 21.2. The van der Waals surface area contributed by atoms with Crippen LogP contribution in [-0.4, -0.2) is 70.8 Å². The van der Waals surface area contributed by atoms with E-state index in [1.165, 1.54) is 0 Å². The lowest BCUT2D eigenvalue weighted by Gasteiger charge is -2.31. The maximum Gasteiger partial charge on any atom is 0.320 e. The van der Waals surface area contributed by atoms with Crippen LogP contribution in [0, 0.1) is 5.41 Å². The molecule has 1 fully saturated rings. The summed E-state index contributed by atoms with van der Waals surface area (Å²) in [5.74, 6) is -2.59. The van der Waals surface area contributed by atoms with Crippen molar-refractivity contribution < 1.29 is 34.1 Å². The van der Waals surface area contributed by atoms with E-state index in [0.29, 0.717) is 5.75 Å². The maximum absolute atomic E-state index is 12.4. The fraction of sp³-hybridized carbons (Fsp3) is 0.733. The van der Waals surface area contributed by atoms with Gasteiger partial charge < -0.3 is 25.6 Å². The smallest absolute Gasteiger partial charge is 0.320 e. The number of esters is 1. The molecule has 0 bridgehead atoms. The van der Waals surface area contributed by atoms with Gasteiger partial charge in [0.2, 0.25) is 5.91 Å². The largest absolute Gasteiger partial charge is 0.481 e. The van der Waals surface area contributed by atoms with Crippen molar-refractivity contribution in [3.8, 4) is 0 Å². The Balaban J connectivity index is 3.03. The van der Waals surface area contributed by atoms with Gasteiger partial charge >= 0.3 is 11.9 Å². The van der Waals surface area contributed by atoms with Gasteiger partial charge in [-0.15, -0.1) is 11.8 Å². The van der Waals surface area contributed by atoms with E-state index in [9.17, 15) is 24.3 Å². The van der Waals surface area contributed by atoms with Gasteiger partial charge in [0.1, 0.15) is 5.25 Å². The number of aliphatic hydroxyl groups is 1. The molecular weight excluding hydrogens is 352 g/mol. The molecule has 0 aromatic rings. The summed E-state index contributed by atoms with van der Waals surface area (Å²) < 4.78 is 5.27. The van der Waals surface area contributed by atoms with E-state index in [1.54, 1.807) is 13.8 Å². The summed E-state index contributed by atoms with van der Waals surface area (Å²) in [6, 6.07) is 0. The van der Waals surface area contributed by atoms with Crippen molar-refractivity contribution in [1.82, 2.24) is 10.6 Å². The molecule has 10 heteroatoms. The Bertz CT molecular complexity index is 524. The number of aliphatic hydroxyl groups excluding tert-OH is 1. The molecule has 1 aliphatic rings. The van der Waals surface area contributed by atoms with Crippen LogP contribution in [0.25, 0.3) is 0 Å². The molecule has 2 amide bonds. The lowest BCUT2D eigenvalue weighted by atomic mass is 9.86. The monoisotopic (exact) mass is 376 g/mol. The van der Waals surface area contributed by atoms with Gasteiger partial charge in [-0.05, 0) is 0 Å². The number of carboxylic acids is 1. The Morgan fingerprint density at radius 3 is 2.56 bits per heavy atom. The van der Waals surface area contributed by atoms with Gasteiger partial charge in [0, 0.05) is 30.7 Å². The summed E-state index contributed by atoms with van der Waals surface area (Å²) in [6.45, 7) is 3.01. The fourth-order valence-corrected chi connectivity index (χ4v) is 3.04. The van der Waals surface area contributed by atoms with Gasteiger partial charge in [0.15, 0.2) is 6.10 Å². The third-order valence-electron chi connectivity index (χ3n) is 3.61. The first-order valence-electron chi connectivity index (χ1n) is 7.86. The summed E-state index contributed by atoms with van der Waals surface area (Å²) in [6.07, 6.45) is -1.70. The number of aliphatic carboxylic acids is 1. The van der Waals surface area contributed by atoms with Gasteiger partial charge in [-0.2, -0.15) is 0 Å². The van der Waals surface area contributed by atoms with E-state index >= 15 is 0 Å². The van der Waals surface area contributed by atoms with Gasteiger partial charge in [-0.3, -0.25) is 19.2 Å². The van der Waals surface area contributed by atoms with Gasteiger partial charge in [-0.25, -0.2) is 0 Å². The number of cyclic esters (lactones) is 1. The molecule has 1 rings (SSSR count).